The Balaban J connectivity index is 1.85. The molecule has 1 saturated heterocycles. The number of rotatable bonds is 9. The summed E-state index contributed by atoms with van der Waals surface area (Å²) >= 11 is 0. The van der Waals surface area contributed by atoms with E-state index in [0.29, 0.717) is 31.9 Å². The number of ether oxygens (including phenoxy) is 1. The number of hydrogen-bond acceptors (Lipinski definition) is 6. The van der Waals surface area contributed by atoms with Crippen molar-refractivity contribution >= 4 is 31.6 Å². The number of amides is 1. The molecule has 0 unspecified atom stereocenters. The molecule has 0 aliphatic carbocycles. The van der Waals surface area contributed by atoms with E-state index in [1.165, 1.54) is 58.2 Å². The predicted octanol–water partition coefficient (Wildman–Crippen LogP) is 2.76. The summed E-state index contributed by atoms with van der Waals surface area (Å²) in [5.74, 6) is -0.349. The van der Waals surface area contributed by atoms with Gasteiger partial charge in [0.1, 0.15) is 5.75 Å². The third-order valence-electron chi connectivity index (χ3n) is 5.57. The van der Waals surface area contributed by atoms with Crippen LogP contribution in [0.3, 0.4) is 0 Å². The van der Waals surface area contributed by atoms with Gasteiger partial charge in [0.25, 0.3) is 5.91 Å². The van der Waals surface area contributed by atoms with Crippen molar-refractivity contribution in [2.75, 3.05) is 38.6 Å². The van der Waals surface area contributed by atoms with Gasteiger partial charge in [0, 0.05) is 31.9 Å². The summed E-state index contributed by atoms with van der Waals surface area (Å²) in [6, 6.07) is 10.0. The third-order valence-corrected chi connectivity index (χ3v) is 9.53. The Bertz CT molecular complexity index is 1200. The molecule has 1 N–H and O–H groups in total. The second-order valence-corrected chi connectivity index (χ2v) is 11.4. The predicted molar refractivity (Wildman–Crippen MR) is 125 cm³/mol. The standard InChI is InChI=1S/C22H29N3O6S2/c1-4-24(5-2)33(29,30)19-12-13-21(31-3)20(16-19)22(26)23-17-8-10-18(11-9-17)32(27,28)25-14-6-7-15-25/h8-13,16H,4-7,14-15H2,1-3H3,(H,23,26). The number of hydrogen-bond donors (Lipinski definition) is 1. The first-order valence-corrected chi connectivity index (χ1v) is 13.6. The first kappa shape index (κ1) is 25.2. The first-order valence-electron chi connectivity index (χ1n) is 10.7. The number of nitrogens with zero attached hydrogens (tertiary/aromatic N) is 2. The molecule has 1 heterocycles. The van der Waals surface area contributed by atoms with Crippen molar-refractivity contribution < 1.29 is 26.4 Å². The van der Waals surface area contributed by atoms with E-state index in [0.717, 1.165) is 12.8 Å². The van der Waals surface area contributed by atoms with Crippen LogP contribution in [0.25, 0.3) is 0 Å². The Morgan fingerprint density at radius 3 is 2.09 bits per heavy atom. The van der Waals surface area contributed by atoms with Gasteiger partial charge in [0.2, 0.25) is 20.0 Å². The van der Waals surface area contributed by atoms with Crippen LogP contribution < -0.4 is 10.1 Å². The Hall–Kier alpha value is -2.47. The van der Waals surface area contributed by atoms with Crippen LogP contribution in [0.2, 0.25) is 0 Å². The van der Waals surface area contributed by atoms with Gasteiger partial charge in [-0.05, 0) is 55.3 Å². The fraction of sp³-hybridized carbons (Fsp3) is 0.409. The minimum Gasteiger partial charge on any atom is -0.496 e. The van der Waals surface area contributed by atoms with E-state index < -0.39 is 26.0 Å². The molecule has 33 heavy (non-hydrogen) atoms. The van der Waals surface area contributed by atoms with Gasteiger partial charge in [0.15, 0.2) is 0 Å². The molecule has 1 aliphatic heterocycles. The van der Waals surface area contributed by atoms with Crippen LogP contribution in [0.5, 0.6) is 5.75 Å². The van der Waals surface area contributed by atoms with Crippen LogP contribution in [0, 0.1) is 0 Å². The molecule has 1 aliphatic rings. The average molecular weight is 496 g/mol. The average Bonchev–Trinajstić information content (AvgIpc) is 3.35. The second kappa shape index (κ2) is 10.2. The van der Waals surface area contributed by atoms with E-state index >= 15 is 0 Å². The fourth-order valence-electron chi connectivity index (χ4n) is 3.72. The van der Waals surface area contributed by atoms with Crippen molar-refractivity contribution in [3.63, 3.8) is 0 Å². The van der Waals surface area contributed by atoms with Crippen LogP contribution in [-0.2, 0) is 20.0 Å². The fourth-order valence-corrected chi connectivity index (χ4v) is 6.73. The smallest absolute Gasteiger partial charge is 0.259 e. The van der Waals surface area contributed by atoms with Crippen molar-refractivity contribution in [3.8, 4) is 5.75 Å². The maximum atomic E-state index is 12.9. The first-order chi connectivity index (χ1) is 15.6. The van der Waals surface area contributed by atoms with Crippen molar-refractivity contribution in [2.45, 2.75) is 36.5 Å². The van der Waals surface area contributed by atoms with Gasteiger partial charge in [0.05, 0.1) is 22.5 Å². The lowest BCUT2D eigenvalue weighted by atomic mass is 10.2. The lowest BCUT2D eigenvalue weighted by molar-refractivity contribution is 0.102. The van der Waals surface area contributed by atoms with Crippen molar-refractivity contribution in [3.05, 3.63) is 48.0 Å². The summed E-state index contributed by atoms with van der Waals surface area (Å²) in [5.41, 5.74) is 0.430. The maximum Gasteiger partial charge on any atom is 0.259 e. The summed E-state index contributed by atoms with van der Waals surface area (Å²) < 4.78 is 59.1. The minimum atomic E-state index is -3.76. The number of benzene rings is 2. The van der Waals surface area contributed by atoms with Crippen LogP contribution in [-0.4, -0.2) is 64.6 Å². The maximum absolute atomic E-state index is 12.9. The lowest BCUT2D eigenvalue weighted by Crippen LogP contribution is -2.30. The highest BCUT2D eigenvalue weighted by Gasteiger charge is 2.27. The molecule has 1 fully saturated rings. The Morgan fingerprint density at radius 2 is 1.55 bits per heavy atom. The van der Waals surface area contributed by atoms with E-state index in [1.807, 2.05) is 0 Å². The molecular weight excluding hydrogens is 466 g/mol. The van der Waals surface area contributed by atoms with Crippen LogP contribution in [0.15, 0.2) is 52.3 Å². The van der Waals surface area contributed by atoms with E-state index in [2.05, 4.69) is 5.32 Å². The second-order valence-electron chi connectivity index (χ2n) is 7.54. The van der Waals surface area contributed by atoms with E-state index in [1.54, 1.807) is 13.8 Å². The molecule has 9 nitrogen and oxygen atoms in total. The number of carbonyl (C=O) groups is 1. The molecule has 2 aromatic carbocycles. The topological polar surface area (TPSA) is 113 Å². The zero-order valence-corrected chi connectivity index (χ0v) is 20.6. The van der Waals surface area contributed by atoms with Crippen molar-refractivity contribution in [2.24, 2.45) is 0 Å². The Kier molecular flexibility index (Phi) is 7.78. The van der Waals surface area contributed by atoms with Crippen molar-refractivity contribution in [1.82, 2.24) is 8.61 Å². The monoisotopic (exact) mass is 495 g/mol. The van der Waals surface area contributed by atoms with Gasteiger partial charge < -0.3 is 10.1 Å². The Morgan fingerprint density at radius 1 is 0.970 bits per heavy atom. The van der Waals surface area contributed by atoms with Crippen LogP contribution in [0.4, 0.5) is 5.69 Å². The molecule has 0 bridgehead atoms. The number of anilines is 1. The zero-order valence-electron chi connectivity index (χ0n) is 18.9. The quantitative estimate of drug-likeness (QED) is 0.572. The lowest BCUT2D eigenvalue weighted by Gasteiger charge is -2.19. The number of carbonyl (C=O) groups excluding carboxylic acids is 1. The van der Waals surface area contributed by atoms with E-state index in [4.69, 9.17) is 4.74 Å². The summed E-state index contributed by atoms with van der Waals surface area (Å²) in [6.07, 6.45) is 1.69. The molecule has 0 atom stereocenters. The van der Waals surface area contributed by atoms with Crippen molar-refractivity contribution in [1.29, 1.82) is 0 Å². The zero-order chi connectivity index (χ0) is 24.2. The molecular formula is C22H29N3O6S2. The highest BCUT2D eigenvalue weighted by Crippen LogP contribution is 2.26. The molecule has 1 amide bonds. The molecule has 0 spiro atoms. The Labute approximate surface area is 195 Å². The van der Waals surface area contributed by atoms with E-state index in [-0.39, 0.29) is 21.1 Å². The van der Waals surface area contributed by atoms with Gasteiger partial charge in [-0.2, -0.15) is 8.61 Å². The normalized spacial score (nSPS) is 15.0. The molecule has 0 aromatic heterocycles. The minimum absolute atomic E-state index is 0.01000. The van der Waals surface area contributed by atoms with Gasteiger partial charge in [-0.1, -0.05) is 13.8 Å². The summed E-state index contributed by atoms with van der Waals surface area (Å²) in [7, 11) is -5.92. The molecule has 0 radical (unpaired) electrons. The highest BCUT2D eigenvalue weighted by atomic mass is 32.2. The number of sulfonamides is 2. The summed E-state index contributed by atoms with van der Waals surface area (Å²) in [6.45, 7) is 5.11. The van der Waals surface area contributed by atoms with Gasteiger partial charge >= 0.3 is 0 Å². The molecule has 11 heteroatoms. The number of nitrogens with one attached hydrogen (secondary N) is 1. The number of methoxy groups -OCH3 is 1. The van der Waals surface area contributed by atoms with Crippen LogP contribution >= 0.6 is 0 Å². The van der Waals surface area contributed by atoms with Gasteiger partial charge in [-0.3, -0.25) is 4.79 Å². The molecule has 0 saturated carbocycles. The molecule has 180 valence electrons. The highest BCUT2D eigenvalue weighted by molar-refractivity contribution is 7.89. The van der Waals surface area contributed by atoms with E-state index in [9.17, 15) is 21.6 Å². The summed E-state index contributed by atoms with van der Waals surface area (Å²) in [5, 5.41) is 2.68. The largest absolute Gasteiger partial charge is 0.496 e. The van der Waals surface area contributed by atoms with Crippen LogP contribution in [0.1, 0.15) is 37.0 Å². The molecule has 2 aromatic rings. The summed E-state index contributed by atoms with van der Waals surface area (Å²) in [4.78, 5) is 13.1. The third kappa shape index (κ3) is 5.21. The van der Waals surface area contributed by atoms with Gasteiger partial charge in [-0.25, -0.2) is 16.8 Å². The van der Waals surface area contributed by atoms with Gasteiger partial charge in [-0.15, -0.1) is 0 Å². The molecule has 3 rings (SSSR count). The SMILES string of the molecule is CCN(CC)S(=O)(=O)c1ccc(OC)c(C(=O)Nc2ccc(S(=O)(=O)N3CCCC3)cc2)c1.